The number of carbonyl (C=O) groups excluding carboxylic acids is 2. The fourth-order valence-electron chi connectivity index (χ4n) is 26.4. The Bertz CT molecular complexity index is 6920. The van der Waals surface area contributed by atoms with E-state index in [1.165, 1.54) is 0 Å². The van der Waals surface area contributed by atoms with Gasteiger partial charge in [-0.3, -0.25) is 9.59 Å². The van der Waals surface area contributed by atoms with Crippen LogP contribution in [-0.2, 0) is 25.2 Å². The van der Waals surface area contributed by atoms with Gasteiger partial charge >= 0.3 is 5.97 Å². The predicted octanol–water partition coefficient (Wildman–Crippen LogP) is 17.6. The normalized spacial score (nSPS) is 21.7. The number of rotatable bonds is 8. The third kappa shape index (κ3) is 2.04. The minimum atomic E-state index is -0.506. The van der Waals surface area contributed by atoms with E-state index in [4.69, 9.17) is 4.74 Å². The van der Waals surface area contributed by atoms with Crippen LogP contribution in [0, 0.1) is 0 Å². The lowest BCUT2D eigenvalue weighted by Gasteiger charge is -2.49. The Morgan fingerprint density at radius 1 is 0.342 bits per heavy atom. The summed E-state index contributed by atoms with van der Waals surface area (Å²) in [4.78, 5) is 29.3. The maximum absolute atomic E-state index is 13.8. The number of ether oxygens (including phenoxy) is 1. The summed E-state index contributed by atoms with van der Waals surface area (Å²) in [7, 11) is 0. The molecule has 350 valence electrons. The predicted molar refractivity (Wildman–Crippen MR) is 328 cm³/mol. The summed E-state index contributed by atoms with van der Waals surface area (Å²) in [5.74, 6) is -0.107. The fourth-order valence-corrected chi connectivity index (χ4v) is 26.4. The third-order valence-corrected chi connectivity index (χ3v) is 26.8. The Labute approximate surface area is 436 Å². The van der Waals surface area contributed by atoms with Gasteiger partial charge in [0.15, 0.2) is 0 Å². The lowest BCUT2D eigenvalue weighted by atomic mass is 9.50. The molecule has 1 heterocycles. The highest BCUT2D eigenvalue weighted by Gasteiger charge is 2.72. The van der Waals surface area contributed by atoms with E-state index in [1.54, 1.807) is 313 Å². The largest absolute Gasteiger partial charge is 0.460 e. The van der Waals surface area contributed by atoms with Gasteiger partial charge in [0.05, 0.1) is 10.8 Å². The number of likely N-dealkylation sites (tertiary alicyclic amines) is 1. The van der Waals surface area contributed by atoms with Gasteiger partial charge in [-0.25, -0.2) is 0 Å². The van der Waals surface area contributed by atoms with Crippen molar-refractivity contribution in [3.8, 4) is 0 Å². The van der Waals surface area contributed by atoms with E-state index in [2.05, 4.69) is 10.2 Å². The van der Waals surface area contributed by atoms with Crippen molar-refractivity contribution in [3.05, 3.63) is 22.3 Å². The average Bonchev–Trinajstić information content (AvgIpc) is 1.42. The molecule has 1 aliphatic heterocycles. The van der Waals surface area contributed by atoms with Gasteiger partial charge in [0.25, 0.3) is 0 Å². The first-order valence-corrected chi connectivity index (χ1v) is 29.8. The standard InChI is InChI=1S/C74H26N2O3/c1-72(2,3)79-13(78)7-4-8-75-12(77)6-5-9-76-10-73-68-60-52-42-32-24-16-14-15-18-22-20(16)28-36-30(22)40-34-26(18)27-19(15)23-21-17(14)25(24)33-39-29(21)37-31(23)41-35(27)45-44(34)54-48(40)58-50(36)56(46(52)38(28)32)64(68)66(58)70-62(54)63-55(45)49(41)59-51(37)57-47(39)53(43(33)42)61(60)69(73)65(57)67(59)71(63)74(70,73)11-76/h4-11H2,1-3H3,(H,75,77). The van der Waals surface area contributed by atoms with Crippen LogP contribution < -0.4 is 5.32 Å². The Morgan fingerprint density at radius 3 is 0.772 bits per heavy atom. The molecule has 1 N–H and O–H groups in total. The number of carbonyl (C=O) groups is 2. The van der Waals surface area contributed by atoms with Crippen molar-refractivity contribution in [1.29, 1.82) is 0 Å². The third-order valence-electron chi connectivity index (χ3n) is 26.8. The Morgan fingerprint density at radius 2 is 0.557 bits per heavy atom. The molecule has 28 aromatic rings. The minimum Gasteiger partial charge on any atom is -0.460 e. The van der Waals surface area contributed by atoms with Crippen molar-refractivity contribution < 1.29 is 14.3 Å². The first-order chi connectivity index (χ1) is 38.8. The van der Waals surface area contributed by atoms with Crippen LogP contribution in [0.15, 0.2) is 0 Å². The monoisotopic (exact) mass is 990 g/mol. The van der Waals surface area contributed by atoms with Crippen LogP contribution in [0.25, 0.3) is 291 Å². The van der Waals surface area contributed by atoms with Gasteiger partial charge in [-0.1, -0.05) is 0 Å². The first-order valence-electron chi connectivity index (χ1n) is 29.8. The number of hydrogen-bond donors (Lipinski definition) is 1. The number of hydrogen-bond acceptors (Lipinski definition) is 4. The van der Waals surface area contributed by atoms with E-state index in [0.717, 1.165) is 26.1 Å². The molecule has 0 atom stereocenters. The molecule has 2 spiro atoms. The zero-order valence-electron chi connectivity index (χ0n) is 42.3. The number of amides is 1. The van der Waals surface area contributed by atoms with Gasteiger partial charge in [-0.2, -0.15) is 0 Å². The lowest BCUT2D eigenvalue weighted by molar-refractivity contribution is -0.155. The summed E-state index contributed by atoms with van der Waals surface area (Å²) >= 11 is 0. The summed E-state index contributed by atoms with van der Waals surface area (Å²) in [6, 6.07) is 0. The molecule has 1 fully saturated rings. The van der Waals surface area contributed by atoms with E-state index in [0.29, 0.717) is 25.8 Å². The molecule has 5 aliphatic rings. The van der Waals surface area contributed by atoms with Crippen LogP contribution in [-0.4, -0.2) is 48.6 Å². The molecule has 33 rings (SSSR count). The molecular weight excluding hydrogens is 965 g/mol. The van der Waals surface area contributed by atoms with Gasteiger partial charge in [-0.15, -0.1) is 0 Å². The molecule has 0 bridgehead atoms. The maximum atomic E-state index is 13.8. The van der Waals surface area contributed by atoms with Crippen LogP contribution in [0.5, 0.6) is 0 Å². The van der Waals surface area contributed by atoms with Crippen LogP contribution >= 0.6 is 0 Å². The second kappa shape index (κ2) is 7.92. The highest BCUT2D eigenvalue weighted by molar-refractivity contribution is 6.82. The summed E-state index contributed by atoms with van der Waals surface area (Å²) in [6.45, 7) is 9.08. The highest BCUT2D eigenvalue weighted by atomic mass is 16.6. The van der Waals surface area contributed by atoms with E-state index in [-0.39, 0.29) is 22.7 Å². The fraction of sp³-hybridized carbons (Fsp3) is 0.189. The van der Waals surface area contributed by atoms with Crippen molar-refractivity contribution in [2.45, 2.75) is 62.9 Å². The molecule has 28 aromatic carbocycles. The van der Waals surface area contributed by atoms with E-state index in [9.17, 15) is 9.59 Å². The van der Waals surface area contributed by atoms with Gasteiger partial charge in [0.1, 0.15) is 5.60 Å². The second-order valence-electron chi connectivity index (χ2n) is 29.4. The summed E-state index contributed by atoms with van der Waals surface area (Å²) in [5, 5.41) is 91.8. The summed E-state index contributed by atoms with van der Waals surface area (Å²) < 4.78 is 5.58. The molecule has 0 radical (unpaired) electrons. The highest BCUT2D eigenvalue weighted by Crippen LogP contribution is 2.85. The molecule has 1 saturated heterocycles. The number of esters is 1. The number of nitrogens with zero attached hydrogens (tertiary/aromatic N) is 1. The van der Waals surface area contributed by atoms with E-state index >= 15 is 0 Å². The Kier molecular flexibility index (Phi) is 3.30. The summed E-state index contributed by atoms with van der Waals surface area (Å²) in [5.41, 5.74) is 5.86. The molecule has 0 unspecified atom stereocenters. The molecule has 5 nitrogen and oxygen atoms in total. The van der Waals surface area contributed by atoms with Crippen molar-refractivity contribution in [2.24, 2.45) is 0 Å². The summed E-state index contributed by atoms with van der Waals surface area (Å²) in [6.07, 6.45) is 2.20. The number of benzene rings is 18. The quantitative estimate of drug-likeness (QED) is 0.0936. The molecule has 4 aliphatic carbocycles. The maximum Gasteiger partial charge on any atom is 0.306 e. The SMILES string of the molecule is CC(C)(C)OC(=O)CCCNC(=O)CCCN1CC23c4c5c6c7c8c9c(c%10c%11c2c2c4c4c%12c5c5c6c6c8c8c%13c9c9c%10c%10c%11c%11c2c2c4c4c%12c%12c5c5c6c8c6c8c%13c9c9c%10c%10c%11c2c2c4c4c%12c5c6c5c8c9c%10c2c45)C73C1. The van der Waals surface area contributed by atoms with Crippen LogP contribution in [0.4, 0.5) is 0 Å². The zero-order valence-corrected chi connectivity index (χ0v) is 42.3. The van der Waals surface area contributed by atoms with Crippen molar-refractivity contribution in [2.75, 3.05) is 26.2 Å². The van der Waals surface area contributed by atoms with Gasteiger partial charge in [0.2, 0.25) is 5.91 Å². The molecule has 0 saturated carbocycles. The van der Waals surface area contributed by atoms with Crippen molar-refractivity contribution in [1.82, 2.24) is 10.2 Å². The molecule has 79 heavy (non-hydrogen) atoms. The van der Waals surface area contributed by atoms with Crippen molar-refractivity contribution >= 4 is 303 Å². The molecule has 1 amide bonds. The topological polar surface area (TPSA) is 58.6 Å². The number of nitrogens with one attached hydrogen (secondary N) is 1. The average molecular weight is 991 g/mol. The molecule has 5 heteroatoms. The zero-order chi connectivity index (χ0) is 48.8. The van der Waals surface area contributed by atoms with Gasteiger partial charge < -0.3 is 15.0 Å². The van der Waals surface area contributed by atoms with Gasteiger partial charge in [0, 0.05) is 32.5 Å². The van der Waals surface area contributed by atoms with Crippen LogP contribution in [0.1, 0.15) is 68.7 Å². The minimum absolute atomic E-state index is 0.0920. The Hall–Kier alpha value is -8.64. The Balaban J connectivity index is 0.855. The van der Waals surface area contributed by atoms with Crippen molar-refractivity contribution in [3.63, 3.8) is 0 Å². The molecular formula is C74H26N2O3. The molecule has 0 aromatic heterocycles. The van der Waals surface area contributed by atoms with Crippen LogP contribution in [0.3, 0.4) is 0 Å². The first kappa shape index (κ1) is 32.9. The van der Waals surface area contributed by atoms with Crippen LogP contribution in [0.2, 0.25) is 0 Å². The van der Waals surface area contributed by atoms with E-state index in [1.807, 2.05) is 20.8 Å². The lowest BCUT2D eigenvalue weighted by Crippen LogP contribution is -2.51. The second-order valence-corrected chi connectivity index (χ2v) is 29.4. The smallest absolute Gasteiger partial charge is 0.306 e. The van der Waals surface area contributed by atoms with E-state index < -0.39 is 5.60 Å². The van der Waals surface area contributed by atoms with Gasteiger partial charge in [-0.05, 0) is 353 Å².